The van der Waals surface area contributed by atoms with Gasteiger partial charge in [-0.1, -0.05) is 11.6 Å². The van der Waals surface area contributed by atoms with Crippen LogP contribution in [-0.4, -0.2) is 26.2 Å². The van der Waals surface area contributed by atoms with E-state index in [1.165, 1.54) is 0 Å². The summed E-state index contributed by atoms with van der Waals surface area (Å²) in [4.78, 5) is 11.7. The molecule has 7 heteroatoms. The molecule has 1 aromatic heterocycles. The van der Waals surface area contributed by atoms with Crippen LogP contribution in [0.4, 0.5) is 5.82 Å². The molecule has 0 aliphatic carbocycles. The number of nitrogens with one attached hydrogen (secondary N) is 2. The number of rotatable bonds is 3. The summed E-state index contributed by atoms with van der Waals surface area (Å²) in [5.74, 6) is 0.347. The average molecular weight is 263 g/mol. The molecule has 1 unspecified atom stereocenters. The van der Waals surface area contributed by atoms with Gasteiger partial charge in [-0.3, -0.25) is 4.79 Å². The molecule has 0 saturated heterocycles. The topological polar surface area (TPSA) is 66.9 Å². The number of aromatic nitrogens is 2. The van der Waals surface area contributed by atoms with Gasteiger partial charge < -0.3 is 10.6 Å². The van der Waals surface area contributed by atoms with E-state index in [4.69, 9.17) is 11.6 Å². The monoisotopic (exact) mass is 262 g/mol. The van der Waals surface area contributed by atoms with Gasteiger partial charge >= 0.3 is 0 Å². The molecule has 1 atom stereocenters. The van der Waals surface area contributed by atoms with Crippen molar-refractivity contribution in [2.45, 2.75) is 39.3 Å². The number of hydrogen-bond acceptors (Lipinski definition) is 5. The Morgan fingerprint density at radius 1 is 1.44 bits per heavy atom. The van der Waals surface area contributed by atoms with Gasteiger partial charge in [0.15, 0.2) is 11.0 Å². The summed E-state index contributed by atoms with van der Waals surface area (Å²) in [5, 5.41) is 6.06. The Kier molecular flexibility index (Phi) is 4.09. The zero-order valence-electron chi connectivity index (χ0n) is 9.67. The predicted molar refractivity (Wildman–Crippen MR) is 65.9 cm³/mol. The van der Waals surface area contributed by atoms with Crippen molar-refractivity contribution >= 4 is 35.1 Å². The molecule has 1 rings (SSSR count). The molecular formula is C9H15ClN4OS. The Labute approximate surface area is 104 Å². The molecule has 90 valence electrons. The maximum Gasteiger partial charge on any atom is 0.242 e. The minimum atomic E-state index is -0.402. The first kappa shape index (κ1) is 13.2. The molecule has 16 heavy (non-hydrogen) atoms. The van der Waals surface area contributed by atoms with Crippen LogP contribution in [0.1, 0.15) is 27.7 Å². The molecule has 0 aliphatic heterocycles. The Morgan fingerprint density at radius 2 is 2.06 bits per heavy atom. The van der Waals surface area contributed by atoms with Gasteiger partial charge in [-0.2, -0.15) is 8.75 Å². The highest BCUT2D eigenvalue weighted by Gasteiger charge is 2.20. The lowest BCUT2D eigenvalue weighted by molar-refractivity contribution is -0.122. The van der Waals surface area contributed by atoms with E-state index in [-0.39, 0.29) is 11.4 Å². The van der Waals surface area contributed by atoms with Gasteiger partial charge in [0.05, 0.1) is 11.7 Å². The number of anilines is 1. The molecule has 5 nitrogen and oxygen atoms in total. The fourth-order valence-electron chi connectivity index (χ4n) is 1.01. The van der Waals surface area contributed by atoms with Crippen LogP contribution in [-0.2, 0) is 4.79 Å². The van der Waals surface area contributed by atoms with Crippen LogP contribution in [0.2, 0.25) is 5.15 Å². The first-order valence-corrected chi connectivity index (χ1v) is 5.97. The van der Waals surface area contributed by atoms with E-state index in [0.717, 1.165) is 11.7 Å². The number of amides is 1. The molecule has 1 heterocycles. The SMILES string of the molecule is CC(Nc1nsnc1Cl)C(=O)NC(C)(C)C. The smallest absolute Gasteiger partial charge is 0.242 e. The number of carbonyl (C=O) groups excluding carboxylic acids is 1. The first-order valence-electron chi connectivity index (χ1n) is 4.86. The normalized spacial score (nSPS) is 13.3. The largest absolute Gasteiger partial charge is 0.355 e. The van der Waals surface area contributed by atoms with E-state index >= 15 is 0 Å². The summed E-state index contributed by atoms with van der Waals surface area (Å²) in [6.07, 6.45) is 0. The molecule has 0 aliphatic rings. The lowest BCUT2D eigenvalue weighted by Gasteiger charge is -2.23. The molecule has 0 bridgehead atoms. The van der Waals surface area contributed by atoms with Crippen molar-refractivity contribution in [3.8, 4) is 0 Å². The van der Waals surface area contributed by atoms with Gasteiger partial charge in [0.25, 0.3) is 0 Å². The first-order chi connectivity index (χ1) is 7.29. The van der Waals surface area contributed by atoms with E-state index in [2.05, 4.69) is 19.4 Å². The summed E-state index contributed by atoms with van der Waals surface area (Å²) in [7, 11) is 0. The van der Waals surface area contributed by atoms with Crippen LogP contribution in [0.3, 0.4) is 0 Å². The van der Waals surface area contributed by atoms with Crippen LogP contribution < -0.4 is 10.6 Å². The molecule has 0 aromatic carbocycles. The van der Waals surface area contributed by atoms with Crippen LogP contribution >= 0.6 is 23.3 Å². The van der Waals surface area contributed by atoms with Crippen molar-refractivity contribution in [1.29, 1.82) is 0 Å². The zero-order chi connectivity index (χ0) is 12.3. The lowest BCUT2D eigenvalue weighted by Crippen LogP contribution is -2.47. The maximum absolute atomic E-state index is 11.7. The minimum Gasteiger partial charge on any atom is -0.355 e. The fraction of sp³-hybridized carbons (Fsp3) is 0.667. The number of halogens is 1. The van der Waals surface area contributed by atoms with Gasteiger partial charge in [0, 0.05) is 5.54 Å². The second-order valence-corrected chi connectivity index (χ2v) is 5.40. The second kappa shape index (κ2) is 4.97. The molecule has 0 spiro atoms. The van der Waals surface area contributed by atoms with Gasteiger partial charge in [0.2, 0.25) is 5.91 Å². The standard InChI is InChI=1S/C9H15ClN4OS/c1-5(8(15)12-9(2,3)4)11-7-6(10)13-16-14-7/h5H,1-4H3,(H,11,14)(H,12,15). The molecule has 1 aromatic rings. The van der Waals surface area contributed by atoms with Gasteiger partial charge in [-0.25, -0.2) is 0 Å². The Bertz CT molecular complexity index is 374. The Morgan fingerprint density at radius 3 is 2.50 bits per heavy atom. The van der Waals surface area contributed by atoms with Crippen LogP contribution in [0.25, 0.3) is 0 Å². The van der Waals surface area contributed by atoms with Gasteiger partial charge in [-0.15, -0.1) is 0 Å². The molecule has 0 fully saturated rings. The quantitative estimate of drug-likeness (QED) is 0.873. The van der Waals surface area contributed by atoms with E-state index in [9.17, 15) is 4.79 Å². The second-order valence-electron chi connectivity index (χ2n) is 4.51. The Balaban J connectivity index is 2.56. The molecule has 1 amide bonds. The highest BCUT2D eigenvalue weighted by Crippen LogP contribution is 2.18. The average Bonchev–Trinajstić information content (AvgIpc) is 2.49. The van der Waals surface area contributed by atoms with E-state index < -0.39 is 6.04 Å². The molecule has 0 saturated carbocycles. The summed E-state index contributed by atoms with van der Waals surface area (Å²) in [6.45, 7) is 7.52. The molecule has 0 radical (unpaired) electrons. The third kappa shape index (κ3) is 3.94. The van der Waals surface area contributed by atoms with Crippen molar-refractivity contribution in [2.24, 2.45) is 0 Å². The highest BCUT2D eigenvalue weighted by molar-refractivity contribution is 6.99. The summed E-state index contributed by atoms with van der Waals surface area (Å²) in [5.41, 5.74) is -0.253. The maximum atomic E-state index is 11.7. The molecule has 2 N–H and O–H groups in total. The third-order valence-corrected chi connectivity index (χ3v) is 2.59. The highest BCUT2D eigenvalue weighted by atomic mass is 35.5. The number of nitrogens with zero attached hydrogens (tertiary/aromatic N) is 2. The van der Waals surface area contributed by atoms with Gasteiger partial charge in [-0.05, 0) is 27.7 Å². The van der Waals surface area contributed by atoms with Crippen molar-refractivity contribution in [1.82, 2.24) is 14.1 Å². The predicted octanol–water partition coefficient (Wildman–Crippen LogP) is 1.91. The number of carbonyl (C=O) groups is 1. The summed E-state index contributed by atoms with van der Waals surface area (Å²) in [6, 6.07) is -0.402. The number of hydrogen-bond donors (Lipinski definition) is 2. The van der Waals surface area contributed by atoms with E-state index in [1.54, 1.807) is 6.92 Å². The van der Waals surface area contributed by atoms with Crippen molar-refractivity contribution in [3.63, 3.8) is 0 Å². The Hall–Kier alpha value is -0.880. The van der Waals surface area contributed by atoms with Crippen molar-refractivity contribution in [2.75, 3.05) is 5.32 Å². The third-order valence-electron chi connectivity index (χ3n) is 1.69. The molecular weight excluding hydrogens is 248 g/mol. The zero-order valence-corrected chi connectivity index (χ0v) is 11.2. The van der Waals surface area contributed by atoms with Crippen molar-refractivity contribution < 1.29 is 4.79 Å². The van der Waals surface area contributed by atoms with E-state index in [0.29, 0.717) is 11.0 Å². The van der Waals surface area contributed by atoms with Crippen LogP contribution in [0, 0.1) is 0 Å². The van der Waals surface area contributed by atoms with Crippen LogP contribution in [0.15, 0.2) is 0 Å². The van der Waals surface area contributed by atoms with Crippen molar-refractivity contribution in [3.05, 3.63) is 5.15 Å². The van der Waals surface area contributed by atoms with Crippen LogP contribution in [0.5, 0.6) is 0 Å². The fourth-order valence-corrected chi connectivity index (χ4v) is 1.67. The van der Waals surface area contributed by atoms with E-state index in [1.807, 2.05) is 20.8 Å². The van der Waals surface area contributed by atoms with Gasteiger partial charge in [0.1, 0.15) is 6.04 Å². The summed E-state index contributed by atoms with van der Waals surface area (Å²) < 4.78 is 7.75. The minimum absolute atomic E-state index is 0.100. The summed E-state index contributed by atoms with van der Waals surface area (Å²) >= 11 is 6.77. The lowest BCUT2D eigenvalue weighted by atomic mass is 10.1.